The van der Waals surface area contributed by atoms with Gasteiger partial charge in [-0.25, -0.2) is 0 Å². The molecule has 0 fully saturated rings. The fourth-order valence-electron chi connectivity index (χ4n) is 1.72. The Morgan fingerprint density at radius 2 is 2.19 bits per heavy atom. The number of nitrogens with zero attached hydrogens (tertiary/aromatic N) is 1. The second-order valence-electron chi connectivity index (χ2n) is 3.49. The summed E-state index contributed by atoms with van der Waals surface area (Å²) in [6.45, 7) is 2.56. The predicted molar refractivity (Wildman–Crippen MR) is 60.3 cm³/mol. The van der Waals surface area contributed by atoms with Crippen molar-refractivity contribution in [2.75, 3.05) is 0 Å². The number of aryl methyl sites for hydroxylation is 1. The third-order valence-electron chi connectivity index (χ3n) is 2.54. The van der Waals surface area contributed by atoms with Gasteiger partial charge in [0.1, 0.15) is 0 Å². The lowest BCUT2D eigenvalue weighted by molar-refractivity contribution is -0.109. The SMILES string of the molecule is CCc1coc(-n2cccc2)c1CNC=O. The summed E-state index contributed by atoms with van der Waals surface area (Å²) in [6, 6.07) is 3.87. The van der Waals surface area contributed by atoms with E-state index in [2.05, 4.69) is 12.2 Å². The van der Waals surface area contributed by atoms with E-state index in [0.717, 1.165) is 23.4 Å². The normalized spacial score (nSPS) is 10.3. The van der Waals surface area contributed by atoms with Gasteiger partial charge in [0.2, 0.25) is 12.3 Å². The van der Waals surface area contributed by atoms with Crippen molar-refractivity contribution in [3.05, 3.63) is 41.9 Å². The molecule has 0 saturated carbocycles. The molecule has 0 atom stereocenters. The monoisotopic (exact) mass is 218 g/mol. The van der Waals surface area contributed by atoms with Gasteiger partial charge in [-0.2, -0.15) is 0 Å². The second-order valence-corrected chi connectivity index (χ2v) is 3.49. The van der Waals surface area contributed by atoms with Crippen LogP contribution in [-0.2, 0) is 17.8 Å². The van der Waals surface area contributed by atoms with Crippen LogP contribution in [0, 0.1) is 0 Å². The molecule has 0 aromatic carbocycles. The van der Waals surface area contributed by atoms with Crippen LogP contribution >= 0.6 is 0 Å². The smallest absolute Gasteiger partial charge is 0.208 e. The standard InChI is InChI=1S/C12H14N2O2/c1-2-10-8-16-12(11(10)7-13-9-15)14-5-3-4-6-14/h3-6,8-9H,2,7H2,1H3,(H,13,15). The Morgan fingerprint density at radius 1 is 1.44 bits per heavy atom. The van der Waals surface area contributed by atoms with Crippen molar-refractivity contribution in [3.8, 4) is 5.88 Å². The van der Waals surface area contributed by atoms with Crippen molar-refractivity contribution in [2.45, 2.75) is 19.9 Å². The van der Waals surface area contributed by atoms with Crippen LogP contribution < -0.4 is 5.32 Å². The first-order valence-corrected chi connectivity index (χ1v) is 5.26. The Morgan fingerprint density at radius 3 is 2.81 bits per heavy atom. The Labute approximate surface area is 93.9 Å². The summed E-state index contributed by atoms with van der Waals surface area (Å²) in [5, 5.41) is 2.67. The zero-order valence-electron chi connectivity index (χ0n) is 9.14. The molecule has 4 heteroatoms. The van der Waals surface area contributed by atoms with Gasteiger partial charge in [-0.1, -0.05) is 6.92 Å². The van der Waals surface area contributed by atoms with Crippen LogP contribution in [0.5, 0.6) is 0 Å². The summed E-state index contributed by atoms with van der Waals surface area (Å²) in [5.74, 6) is 0.774. The van der Waals surface area contributed by atoms with Gasteiger partial charge >= 0.3 is 0 Å². The van der Waals surface area contributed by atoms with Gasteiger partial charge in [-0.05, 0) is 24.1 Å². The number of carbonyl (C=O) groups excluding carboxylic acids is 1. The highest BCUT2D eigenvalue weighted by Gasteiger charge is 2.12. The van der Waals surface area contributed by atoms with Crippen molar-refractivity contribution >= 4 is 6.41 Å². The number of hydrogen-bond acceptors (Lipinski definition) is 2. The van der Waals surface area contributed by atoms with Crippen LogP contribution in [-0.4, -0.2) is 11.0 Å². The number of rotatable bonds is 5. The minimum atomic E-state index is 0.497. The van der Waals surface area contributed by atoms with E-state index in [4.69, 9.17) is 4.42 Å². The summed E-state index contributed by atoms with van der Waals surface area (Å²) >= 11 is 0. The minimum Gasteiger partial charge on any atom is -0.447 e. The van der Waals surface area contributed by atoms with Gasteiger partial charge in [0.25, 0.3) is 0 Å². The molecule has 1 N–H and O–H groups in total. The maximum absolute atomic E-state index is 10.3. The van der Waals surface area contributed by atoms with E-state index in [0.29, 0.717) is 13.0 Å². The summed E-state index contributed by atoms with van der Waals surface area (Å²) in [7, 11) is 0. The molecule has 1 amide bonds. The second kappa shape index (κ2) is 4.70. The molecule has 0 radical (unpaired) electrons. The first kappa shape index (κ1) is 10.5. The predicted octanol–water partition coefficient (Wildman–Crippen LogP) is 1.88. The molecule has 2 rings (SSSR count). The molecule has 2 aromatic rings. The summed E-state index contributed by atoms with van der Waals surface area (Å²) < 4.78 is 7.44. The summed E-state index contributed by atoms with van der Waals surface area (Å²) in [6.07, 6.45) is 7.18. The average Bonchev–Trinajstić information content (AvgIpc) is 2.94. The Balaban J connectivity index is 2.37. The van der Waals surface area contributed by atoms with Gasteiger partial charge in [0, 0.05) is 24.5 Å². The Kier molecular flexibility index (Phi) is 3.10. The van der Waals surface area contributed by atoms with Crippen LogP contribution in [0.15, 0.2) is 35.2 Å². The molecule has 16 heavy (non-hydrogen) atoms. The molecule has 0 aliphatic heterocycles. The molecule has 0 bridgehead atoms. The molecular weight excluding hydrogens is 204 g/mol. The molecule has 0 aliphatic carbocycles. The summed E-state index contributed by atoms with van der Waals surface area (Å²) in [4.78, 5) is 10.3. The molecule has 0 unspecified atom stereocenters. The highest BCUT2D eigenvalue weighted by Crippen LogP contribution is 2.21. The average molecular weight is 218 g/mol. The zero-order chi connectivity index (χ0) is 11.4. The molecular formula is C12H14N2O2. The van der Waals surface area contributed by atoms with Gasteiger partial charge in [-0.3, -0.25) is 9.36 Å². The topological polar surface area (TPSA) is 47.2 Å². The molecule has 0 saturated heterocycles. The quantitative estimate of drug-likeness (QED) is 0.779. The molecule has 4 nitrogen and oxygen atoms in total. The number of aromatic nitrogens is 1. The van der Waals surface area contributed by atoms with E-state index in [1.54, 1.807) is 6.26 Å². The molecule has 2 heterocycles. The van der Waals surface area contributed by atoms with E-state index in [-0.39, 0.29) is 0 Å². The van der Waals surface area contributed by atoms with Crippen molar-refractivity contribution in [1.29, 1.82) is 0 Å². The van der Waals surface area contributed by atoms with Crippen molar-refractivity contribution in [3.63, 3.8) is 0 Å². The summed E-state index contributed by atoms with van der Waals surface area (Å²) in [5.41, 5.74) is 2.16. The lowest BCUT2D eigenvalue weighted by atomic mass is 10.1. The highest BCUT2D eigenvalue weighted by molar-refractivity contribution is 5.48. The number of carbonyl (C=O) groups is 1. The minimum absolute atomic E-state index is 0.497. The van der Waals surface area contributed by atoms with Crippen LogP contribution in [0.1, 0.15) is 18.1 Å². The lowest BCUT2D eigenvalue weighted by Crippen LogP contribution is -2.12. The highest BCUT2D eigenvalue weighted by atomic mass is 16.3. The van der Waals surface area contributed by atoms with Gasteiger partial charge in [0.15, 0.2) is 0 Å². The van der Waals surface area contributed by atoms with E-state index < -0.39 is 0 Å². The molecule has 0 spiro atoms. The van der Waals surface area contributed by atoms with Crippen LogP contribution in [0.2, 0.25) is 0 Å². The number of nitrogens with one attached hydrogen (secondary N) is 1. The van der Waals surface area contributed by atoms with E-state index in [1.165, 1.54) is 0 Å². The first-order chi connectivity index (χ1) is 7.86. The number of hydrogen-bond donors (Lipinski definition) is 1. The van der Waals surface area contributed by atoms with Crippen molar-refractivity contribution in [1.82, 2.24) is 9.88 Å². The molecule has 0 aliphatic rings. The lowest BCUT2D eigenvalue weighted by Gasteiger charge is -2.04. The van der Waals surface area contributed by atoms with Gasteiger partial charge in [0.05, 0.1) is 6.26 Å². The first-order valence-electron chi connectivity index (χ1n) is 5.26. The van der Waals surface area contributed by atoms with E-state index in [9.17, 15) is 4.79 Å². The van der Waals surface area contributed by atoms with Gasteiger partial charge in [-0.15, -0.1) is 0 Å². The zero-order valence-corrected chi connectivity index (χ0v) is 9.14. The molecule has 84 valence electrons. The number of amides is 1. The largest absolute Gasteiger partial charge is 0.447 e. The van der Waals surface area contributed by atoms with Crippen LogP contribution in [0.25, 0.3) is 5.88 Å². The third-order valence-corrected chi connectivity index (χ3v) is 2.54. The fraction of sp³-hybridized carbons (Fsp3) is 0.250. The van der Waals surface area contributed by atoms with Crippen LogP contribution in [0.4, 0.5) is 0 Å². The van der Waals surface area contributed by atoms with Crippen molar-refractivity contribution < 1.29 is 9.21 Å². The van der Waals surface area contributed by atoms with Crippen LogP contribution in [0.3, 0.4) is 0 Å². The maximum Gasteiger partial charge on any atom is 0.208 e. The van der Waals surface area contributed by atoms with Gasteiger partial charge < -0.3 is 9.73 Å². The van der Waals surface area contributed by atoms with Crippen molar-refractivity contribution in [2.24, 2.45) is 0 Å². The fourth-order valence-corrected chi connectivity index (χ4v) is 1.72. The van der Waals surface area contributed by atoms with E-state index >= 15 is 0 Å². The Hall–Kier alpha value is -1.97. The molecule has 2 aromatic heterocycles. The number of furan rings is 1. The van der Waals surface area contributed by atoms with E-state index in [1.807, 2.05) is 29.1 Å². The maximum atomic E-state index is 10.3. The third kappa shape index (κ3) is 1.86. The Bertz CT molecular complexity index is 457.